The number of rotatable bonds is 3. The highest BCUT2D eigenvalue weighted by Gasteiger charge is 2.17. The van der Waals surface area contributed by atoms with Crippen molar-refractivity contribution < 1.29 is 8.76 Å². The van der Waals surface area contributed by atoms with E-state index >= 15 is 0 Å². The van der Waals surface area contributed by atoms with Crippen LogP contribution in [0.2, 0.25) is 0 Å². The molecular weight excluding hydrogens is 284 g/mol. The molecule has 1 atom stereocenters. The number of nitrogen functional groups attached to an aromatic ring is 1. The van der Waals surface area contributed by atoms with E-state index in [1.807, 2.05) is 42.5 Å². The van der Waals surface area contributed by atoms with Crippen molar-refractivity contribution in [3.8, 4) is 0 Å². The highest BCUT2D eigenvalue weighted by Crippen LogP contribution is 2.33. The smallest absolute Gasteiger partial charge is 0.266 e. The lowest BCUT2D eigenvalue weighted by Crippen LogP contribution is -2.19. The average Bonchev–Trinajstić information content (AvgIpc) is 2.49. The van der Waals surface area contributed by atoms with Gasteiger partial charge in [-0.1, -0.05) is 36.4 Å². The van der Waals surface area contributed by atoms with Gasteiger partial charge in [0.2, 0.25) is 0 Å². The molecule has 3 aromatic rings. The maximum Gasteiger partial charge on any atom is 0.266 e. The topological polar surface area (TPSA) is 66.6 Å². The Hall–Kier alpha value is -2.37. The van der Waals surface area contributed by atoms with E-state index in [1.165, 1.54) is 4.31 Å². The summed E-state index contributed by atoms with van der Waals surface area (Å²) in [5, 5.41) is 1.93. The van der Waals surface area contributed by atoms with Crippen molar-refractivity contribution in [2.45, 2.75) is 0 Å². The molecule has 106 valence electrons. The summed E-state index contributed by atoms with van der Waals surface area (Å²) in [6.07, 6.45) is 0. The van der Waals surface area contributed by atoms with Crippen LogP contribution in [0.15, 0.2) is 66.7 Å². The van der Waals surface area contributed by atoms with Gasteiger partial charge in [-0.2, -0.15) is 0 Å². The van der Waals surface area contributed by atoms with E-state index in [4.69, 9.17) is 5.73 Å². The standard InChI is InChI=1S/C16H14N2O2S/c17-13-8-10-14(11-9-13)18(21(19)20)16-7-3-5-12-4-1-2-6-15(12)16/h1-11H,17H2,(H,19,20). The minimum absolute atomic E-state index is 0.611. The molecule has 0 saturated carbocycles. The molecule has 0 aliphatic heterocycles. The normalized spacial score (nSPS) is 12.2. The van der Waals surface area contributed by atoms with Gasteiger partial charge in [-0.3, -0.25) is 4.55 Å². The van der Waals surface area contributed by atoms with Crippen molar-refractivity contribution in [2.24, 2.45) is 0 Å². The van der Waals surface area contributed by atoms with E-state index in [9.17, 15) is 8.76 Å². The van der Waals surface area contributed by atoms with Crippen molar-refractivity contribution in [1.82, 2.24) is 0 Å². The van der Waals surface area contributed by atoms with E-state index in [2.05, 4.69) is 0 Å². The van der Waals surface area contributed by atoms with Crippen LogP contribution in [0, 0.1) is 0 Å². The van der Waals surface area contributed by atoms with Crippen LogP contribution in [0.1, 0.15) is 0 Å². The van der Waals surface area contributed by atoms with Crippen molar-refractivity contribution in [2.75, 3.05) is 10.0 Å². The van der Waals surface area contributed by atoms with E-state index < -0.39 is 11.3 Å². The van der Waals surface area contributed by atoms with Crippen LogP contribution in [0.4, 0.5) is 17.1 Å². The summed E-state index contributed by atoms with van der Waals surface area (Å²) in [5.41, 5.74) is 7.58. The molecule has 4 nitrogen and oxygen atoms in total. The molecule has 3 aromatic carbocycles. The molecule has 0 aromatic heterocycles. The van der Waals surface area contributed by atoms with Crippen LogP contribution < -0.4 is 10.0 Å². The molecule has 0 bridgehead atoms. The van der Waals surface area contributed by atoms with Gasteiger partial charge >= 0.3 is 0 Å². The summed E-state index contributed by atoms with van der Waals surface area (Å²) in [6.45, 7) is 0. The van der Waals surface area contributed by atoms with Gasteiger partial charge in [0.05, 0.1) is 11.4 Å². The second kappa shape index (κ2) is 5.55. The van der Waals surface area contributed by atoms with Crippen LogP contribution in [-0.4, -0.2) is 8.76 Å². The third kappa shape index (κ3) is 2.61. The first-order valence-electron chi connectivity index (χ1n) is 6.41. The summed E-state index contributed by atoms with van der Waals surface area (Å²) in [6, 6.07) is 20.3. The van der Waals surface area contributed by atoms with E-state index in [1.54, 1.807) is 24.3 Å². The van der Waals surface area contributed by atoms with Crippen LogP contribution in [-0.2, 0) is 11.3 Å². The molecule has 21 heavy (non-hydrogen) atoms. The number of nitrogens with two attached hydrogens (primary N) is 1. The fraction of sp³-hybridized carbons (Fsp3) is 0. The summed E-state index contributed by atoms with van der Waals surface area (Å²) < 4.78 is 22.9. The zero-order valence-electron chi connectivity index (χ0n) is 11.1. The molecule has 0 aliphatic carbocycles. The molecule has 0 amide bonds. The van der Waals surface area contributed by atoms with Gasteiger partial charge in [0.25, 0.3) is 11.3 Å². The minimum atomic E-state index is -2.18. The number of nitrogens with zero attached hydrogens (tertiary/aromatic N) is 1. The predicted molar refractivity (Wildman–Crippen MR) is 87.7 cm³/mol. The quantitative estimate of drug-likeness (QED) is 0.572. The maximum absolute atomic E-state index is 11.8. The predicted octanol–water partition coefficient (Wildman–Crippen LogP) is 3.70. The first-order valence-corrected chi connectivity index (χ1v) is 7.47. The summed E-state index contributed by atoms with van der Waals surface area (Å²) in [7, 11) is 0. The maximum atomic E-state index is 11.8. The Morgan fingerprint density at radius 3 is 2.29 bits per heavy atom. The lowest BCUT2D eigenvalue weighted by molar-refractivity contribution is 0.564. The molecule has 0 aliphatic rings. The van der Waals surface area contributed by atoms with Gasteiger partial charge in [0.1, 0.15) is 0 Å². The fourth-order valence-corrected chi connectivity index (χ4v) is 2.94. The van der Waals surface area contributed by atoms with Crippen LogP contribution in [0.3, 0.4) is 0 Å². The molecule has 0 fully saturated rings. The molecule has 0 spiro atoms. The number of fused-ring (bicyclic) bond motifs is 1. The zero-order chi connectivity index (χ0) is 14.8. The zero-order valence-corrected chi connectivity index (χ0v) is 12.0. The summed E-state index contributed by atoms with van der Waals surface area (Å²) >= 11 is -2.18. The highest BCUT2D eigenvalue weighted by molar-refractivity contribution is 7.81. The van der Waals surface area contributed by atoms with Crippen LogP contribution in [0.5, 0.6) is 0 Å². The van der Waals surface area contributed by atoms with Crippen molar-refractivity contribution in [3.63, 3.8) is 0 Å². The first kappa shape index (κ1) is 13.6. The molecule has 3 rings (SSSR count). The number of hydrogen-bond donors (Lipinski definition) is 2. The van der Waals surface area contributed by atoms with Gasteiger partial charge in [0, 0.05) is 11.1 Å². The Labute approximate surface area is 125 Å². The summed E-state index contributed by atoms with van der Waals surface area (Å²) in [5.74, 6) is 0. The molecule has 0 heterocycles. The van der Waals surface area contributed by atoms with E-state index in [-0.39, 0.29) is 0 Å². The second-order valence-corrected chi connectivity index (χ2v) is 5.44. The van der Waals surface area contributed by atoms with Crippen molar-refractivity contribution >= 4 is 39.1 Å². The van der Waals surface area contributed by atoms with E-state index in [0.29, 0.717) is 17.1 Å². The number of hydrogen-bond acceptors (Lipinski definition) is 2. The molecule has 3 N–H and O–H groups in total. The first-order chi connectivity index (χ1) is 10.2. The van der Waals surface area contributed by atoms with Crippen molar-refractivity contribution in [1.29, 1.82) is 0 Å². The Balaban J connectivity index is 2.21. The van der Waals surface area contributed by atoms with Gasteiger partial charge in [0.15, 0.2) is 0 Å². The lowest BCUT2D eigenvalue weighted by atomic mass is 10.1. The molecule has 1 unspecified atom stereocenters. The van der Waals surface area contributed by atoms with Gasteiger partial charge in [-0.05, 0) is 35.7 Å². The Kier molecular flexibility index (Phi) is 3.60. The minimum Gasteiger partial charge on any atom is -0.399 e. The Morgan fingerprint density at radius 1 is 0.905 bits per heavy atom. The lowest BCUT2D eigenvalue weighted by Gasteiger charge is -2.21. The van der Waals surface area contributed by atoms with Gasteiger partial charge < -0.3 is 5.73 Å². The largest absolute Gasteiger partial charge is 0.399 e. The third-order valence-corrected chi connectivity index (χ3v) is 3.99. The Morgan fingerprint density at radius 2 is 1.57 bits per heavy atom. The van der Waals surface area contributed by atoms with E-state index in [0.717, 1.165) is 10.8 Å². The fourth-order valence-electron chi connectivity index (χ4n) is 2.31. The van der Waals surface area contributed by atoms with Crippen LogP contribution in [0.25, 0.3) is 10.8 Å². The number of benzene rings is 3. The van der Waals surface area contributed by atoms with Gasteiger partial charge in [-0.25, -0.2) is 8.51 Å². The van der Waals surface area contributed by atoms with Crippen molar-refractivity contribution in [3.05, 3.63) is 66.7 Å². The summed E-state index contributed by atoms with van der Waals surface area (Å²) in [4.78, 5) is 0. The molecule has 0 radical (unpaired) electrons. The number of anilines is 3. The molecular formula is C16H14N2O2S. The SMILES string of the molecule is Nc1ccc(N(c2cccc3ccccc23)S(=O)O)cc1. The third-order valence-electron chi connectivity index (χ3n) is 3.27. The highest BCUT2D eigenvalue weighted by atomic mass is 32.2. The molecule has 0 saturated heterocycles. The molecule has 5 heteroatoms. The second-order valence-electron chi connectivity index (χ2n) is 4.61. The van der Waals surface area contributed by atoms with Gasteiger partial charge in [-0.15, -0.1) is 0 Å². The Bertz CT molecular complexity index is 797. The monoisotopic (exact) mass is 298 g/mol. The average molecular weight is 298 g/mol. The van der Waals surface area contributed by atoms with Crippen LogP contribution >= 0.6 is 0 Å².